The van der Waals surface area contributed by atoms with Crippen LogP contribution in [0.5, 0.6) is 11.5 Å². The monoisotopic (exact) mass is 1010 g/mol. The van der Waals surface area contributed by atoms with Crippen molar-refractivity contribution in [3.63, 3.8) is 0 Å². The molecule has 4 heterocycles. The quantitative estimate of drug-likeness (QED) is 0.0741. The van der Waals surface area contributed by atoms with Crippen LogP contribution in [-0.2, 0) is 41.3 Å². The number of anilines is 1. The van der Waals surface area contributed by atoms with Crippen LogP contribution in [0.1, 0.15) is 111 Å². The number of piperazine rings is 1. The number of hydrogen-bond donors (Lipinski definition) is 4. The molecule has 6 aliphatic rings. The van der Waals surface area contributed by atoms with E-state index in [0.29, 0.717) is 35.3 Å². The number of carboxylic acids is 1. The Morgan fingerprint density at radius 3 is 2.37 bits per heavy atom. The van der Waals surface area contributed by atoms with Crippen LogP contribution < -0.4 is 20.4 Å². The number of nitrogens with one attached hydrogen (secondary N) is 1. The Hall–Kier alpha value is -5.35. The molecule has 3 saturated carbocycles. The molecule has 5 N–H and O–H groups in total. The van der Waals surface area contributed by atoms with Crippen molar-refractivity contribution < 1.29 is 71.1 Å². The Bertz CT molecular complexity index is 2590. The summed E-state index contributed by atoms with van der Waals surface area (Å²) in [4.78, 5) is 81.1. The van der Waals surface area contributed by atoms with Gasteiger partial charge in [-0.2, -0.15) is 0 Å². The van der Waals surface area contributed by atoms with Crippen LogP contribution in [0.4, 0.5) is 18.7 Å². The first-order valence-corrected chi connectivity index (χ1v) is 24.2. The fraction of sp³-hybridized carbons (Fsp3) is 0.543. The van der Waals surface area contributed by atoms with Crippen LogP contribution >= 0.6 is 22.9 Å². The van der Waals surface area contributed by atoms with E-state index in [1.165, 1.54) is 29.5 Å². The highest BCUT2D eigenvalue weighted by molar-refractivity contribution is 7.13. The molecule has 376 valence electrons. The molecule has 0 radical (unpaired) electrons. The van der Waals surface area contributed by atoms with E-state index in [1.807, 2.05) is 0 Å². The van der Waals surface area contributed by atoms with Gasteiger partial charge in [-0.05, 0) is 101 Å². The Morgan fingerprint density at radius 1 is 1.07 bits per heavy atom. The number of nitrogen functional groups attached to an aromatic ring is 1. The minimum atomic E-state index is -1.65. The largest absolute Gasteiger partial charge is 0.535 e. The second-order valence-electron chi connectivity index (χ2n) is 19.9. The number of esters is 1. The number of aromatic nitrogens is 1. The number of thiazole rings is 1. The molecule has 2 saturated heterocycles. The van der Waals surface area contributed by atoms with Gasteiger partial charge in [-0.25, -0.2) is 28.1 Å². The average Bonchev–Trinajstić information content (AvgIpc) is 3.88. The molecule has 5 fully saturated rings. The summed E-state index contributed by atoms with van der Waals surface area (Å²) in [6.45, 7) is 14.0. The van der Waals surface area contributed by atoms with Crippen LogP contribution in [0.3, 0.4) is 0 Å². The summed E-state index contributed by atoms with van der Waals surface area (Å²) in [5, 5.41) is 23.3. The third kappa shape index (κ3) is 10.2. The number of halogens is 3. The number of nitrogens with zero attached hydrogens (tertiary/aromatic N) is 3. The number of carbonyl (C=O) groups excluding carboxylic acids is 5. The molecule has 70 heavy (non-hydrogen) atoms. The Morgan fingerprint density at radius 2 is 1.76 bits per heavy atom. The van der Waals surface area contributed by atoms with Gasteiger partial charge in [-0.15, -0.1) is 22.9 Å². The van der Waals surface area contributed by atoms with Gasteiger partial charge in [0.05, 0.1) is 29.8 Å². The van der Waals surface area contributed by atoms with E-state index in [9.17, 15) is 47.7 Å². The predicted molar refractivity (Wildman–Crippen MR) is 252 cm³/mol. The van der Waals surface area contributed by atoms with Gasteiger partial charge in [-0.3, -0.25) is 19.3 Å². The number of benzene rings is 2. The molecule has 4 amide bonds. The van der Waals surface area contributed by atoms with Crippen LogP contribution in [0.15, 0.2) is 29.6 Å². The molecule has 24 heteroatoms. The summed E-state index contributed by atoms with van der Waals surface area (Å²) in [6.07, 6.45) is 2.08. The van der Waals surface area contributed by atoms with E-state index in [2.05, 4.69) is 31.1 Å². The summed E-state index contributed by atoms with van der Waals surface area (Å²) in [5.41, 5.74) is 4.86. The summed E-state index contributed by atoms with van der Waals surface area (Å²) in [7, 11) is -0.825. The van der Waals surface area contributed by atoms with Crippen LogP contribution in [0, 0.1) is 28.9 Å². The van der Waals surface area contributed by atoms with Crippen LogP contribution in [0.25, 0.3) is 0 Å². The fourth-order valence-electron chi connectivity index (χ4n) is 10.2. The van der Waals surface area contributed by atoms with Gasteiger partial charge >= 0.3 is 44.0 Å². The lowest BCUT2D eigenvalue weighted by molar-refractivity contribution is -0.199. The number of aromatic carboxylic acids is 1. The van der Waals surface area contributed by atoms with Gasteiger partial charge in [-0.1, -0.05) is 26.0 Å². The van der Waals surface area contributed by atoms with Crippen molar-refractivity contribution in [3.8, 4) is 11.5 Å². The number of ether oxygens (including phenoxy) is 2. The number of urea groups is 1. The lowest BCUT2D eigenvalue weighted by atomic mass is 9.43. The number of fused-ring (bicyclic) bond motifs is 1. The number of ketones is 1. The van der Waals surface area contributed by atoms with Gasteiger partial charge in [0.2, 0.25) is 0 Å². The minimum Gasteiger partial charge on any atom is -0.535 e. The number of carbonyl (C=O) groups is 6. The third-order valence-corrected chi connectivity index (χ3v) is 15.1. The van der Waals surface area contributed by atoms with Crippen LogP contribution in [-0.4, -0.2) is 124 Å². The number of methoxy groups -OCH3 is 1. The Kier molecular flexibility index (Phi) is 15.0. The molecule has 7 atom stereocenters. The van der Waals surface area contributed by atoms with Gasteiger partial charge < -0.3 is 49.5 Å². The average molecular weight is 1010 g/mol. The van der Waals surface area contributed by atoms with Crippen molar-refractivity contribution in [2.75, 3.05) is 32.5 Å². The number of likely N-dealkylation sites (N-methyl/N-ethyl adjacent to an activating group) is 1. The number of carboxylic acid groups (broad SMARTS) is 1. The van der Waals surface area contributed by atoms with E-state index in [-0.39, 0.29) is 76.5 Å². The highest BCUT2D eigenvalue weighted by Crippen LogP contribution is 2.66. The van der Waals surface area contributed by atoms with Crippen molar-refractivity contribution in [1.29, 1.82) is 0 Å². The molecule has 18 nitrogen and oxygen atoms in total. The Balaban J connectivity index is 0.000000209. The zero-order chi connectivity index (χ0) is 51.4. The fourth-order valence-corrected chi connectivity index (χ4v) is 11.1. The number of hydrogen-bond acceptors (Lipinski definition) is 15. The molecule has 3 aliphatic carbocycles. The number of alkyl halides is 1. The highest BCUT2D eigenvalue weighted by atomic mass is 35.5. The molecule has 2 unspecified atom stereocenters. The maximum atomic E-state index is 14.6. The van der Waals surface area contributed by atoms with Crippen molar-refractivity contribution in [2.24, 2.45) is 17.3 Å². The van der Waals surface area contributed by atoms with Gasteiger partial charge in [0, 0.05) is 37.3 Å². The summed E-state index contributed by atoms with van der Waals surface area (Å²) >= 11 is 7.79. The summed E-state index contributed by atoms with van der Waals surface area (Å²) < 4.78 is 57.5. The predicted octanol–water partition coefficient (Wildman–Crippen LogP) is 5.66. The standard InChI is InChI=1S/C24H33BClFO5.C22H23BFN5O8S/c1-22(2,3)30-21(28)19-15(27)9-8-13(20(19)29-7)10-18(26)25-31-17-12-14-11-16(23(14,4)5)24(17,6)32-25;1-2-28-5-6-29(19(32)18(28)31)22(35)27-16(13-9-38-21(25)26-13)14(30)8-11-7-10-3-4-12(24)15(20(33)34)17(10)37-23(11)36/h8-9,14,16-18H,10-12H2,1-7H3;3-4,9,11,16,36H,2,5-8H2,1H3,(H2,25,26)(H,27,35)(H,33,34)/t14-,16-,17?,18+,24-;11-,16?/m01/s1. The number of imide groups is 1. The van der Waals surface area contributed by atoms with E-state index >= 15 is 0 Å². The van der Waals surface area contributed by atoms with E-state index < -0.39 is 89.7 Å². The highest BCUT2D eigenvalue weighted by Gasteiger charge is 2.68. The third-order valence-electron chi connectivity index (χ3n) is 14.0. The second kappa shape index (κ2) is 20.0. The van der Waals surface area contributed by atoms with E-state index in [1.54, 1.807) is 33.8 Å². The number of amides is 4. The lowest BCUT2D eigenvalue weighted by Crippen LogP contribution is -2.65. The molecular weight excluding hydrogens is 958 g/mol. The zero-order valence-electron chi connectivity index (χ0n) is 40.0. The molecule has 3 aromatic rings. The molecule has 2 bridgehead atoms. The van der Waals surface area contributed by atoms with Crippen LogP contribution in [0.2, 0.25) is 5.82 Å². The maximum absolute atomic E-state index is 14.6. The zero-order valence-corrected chi connectivity index (χ0v) is 41.6. The first-order valence-electron chi connectivity index (χ1n) is 22.9. The molecule has 3 aliphatic heterocycles. The summed E-state index contributed by atoms with van der Waals surface area (Å²) in [5.74, 6) is -6.54. The van der Waals surface area contributed by atoms with Crippen molar-refractivity contribution >= 4 is 77.9 Å². The van der Waals surface area contributed by atoms with E-state index in [0.717, 1.165) is 30.2 Å². The first-order chi connectivity index (χ1) is 32.8. The van der Waals surface area contributed by atoms with Gasteiger partial charge in [0.1, 0.15) is 45.9 Å². The lowest BCUT2D eigenvalue weighted by Gasteiger charge is -2.64. The van der Waals surface area contributed by atoms with Gasteiger partial charge in [0.25, 0.3) is 0 Å². The topological polar surface area (TPSA) is 246 Å². The minimum absolute atomic E-state index is 0.0192. The number of rotatable bonds is 12. The molecule has 9 rings (SSSR count). The Labute approximate surface area is 413 Å². The molecule has 1 aromatic heterocycles. The van der Waals surface area contributed by atoms with Crippen molar-refractivity contribution in [2.45, 2.75) is 115 Å². The number of nitrogens with two attached hydrogens (primary N) is 1. The SMILES string of the molecule is CCN1CCN(C(=O)NC(C(=O)C[C@H]2Cc3ccc(F)c(C(=O)O)c3OB2O)c2csc(N)n2)C(=O)C1=O.COc1c(C[C@@H](Cl)B2OC3C[C@@H]4C[C@@H](C4(C)C)[C@]3(C)O2)ccc(F)c1C(=O)OC(C)(C)C. The smallest absolute Gasteiger partial charge is 0.526 e. The normalized spacial score (nSPS) is 24.2. The maximum Gasteiger partial charge on any atom is 0.526 e. The summed E-state index contributed by atoms with van der Waals surface area (Å²) in [6, 6.07) is 2.74. The van der Waals surface area contributed by atoms with E-state index in [4.69, 9.17) is 40.8 Å². The molecule has 0 spiro atoms. The first kappa shape index (κ1) is 52.5. The molecule has 2 aromatic carbocycles. The number of Topliss-reactive ketones (excluding diaryl/α,β-unsaturated/α-hetero) is 1. The molecular formula is C46H56B2ClF2N5O13S. The van der Waals surface area contributed by atoms with Gasteiger partial charge in [0.15, 0.2) is 10.9 Å². The van der Waals surface area contributed by atoms with Crippen molar-refractivity contribution in [3.05, 3.63) is 69.2 Å². The van der Waals surface area contributed by atoms with Crippen molar-refractivity contribution in [1.82, 2.24) is 20.1 Å². The second-order valence-corrected chi connectivity index (χ2v) is 21.3.